The van der Waals surface area contributed by atoms with Gasteiger partial charge in [-0.25, -0.2) is 0 Å². The smallest absolute Gasteiger partial charge is 0.289 e. The second kappa shape index (κ2) is 8.47. The largest absolute Gasteiger partial charge is 0.455 e. The van der Waals surface area contributed by atoms with Crippen LogP contribution < -0.4 is 4.83 Å². The lowest BCUT2D eigenvalue weighted by Crippen LogP contribution is -2.47. The first-order valence-electron chi connectivity index (χ1n) is 10.5. The van der Waals surface area contributed by atoms with Gasteiger partial charge in [-0.05, 0) is 45.9 Å². The van der Waals surface area contributed by atoms with Crippen LogP contribution in [0.2, 0.25) is 0 Å². The summed E-state index contributed by atoms with van der Waals surface area (Å²) >= 11 is 0. The van der Waals surface area contributed by atoms with Crippen molar-refractivity contribution in [2.24, 2.45) is 5.10 Å². The van der Waals surface area contributed by atoms with E-state index in [1.165, 1.54) is 0 Å². The van der Waals surface area contributed by atoms with E-state index in [1.54, 1.807) is 24.3 Å². The Balaban J connectivity index is 1.59. The quantitative estimate of drug-likeness (QED) is 0.730. The number of piperazine rings is 1. The highest BCUT2D eigenvalue weighted by atomic mass is 32.2. The molecule has 1 saturated heterocycles. The highest BCUT2D eigenvalue weighted by Crippen LogP contribution is 2.31. The molecule has 1 aliphatic heterocycles. The summed E-state index contributed by atoms with van der Waals surface area (Å²) in [6.45, 7) is 6.74. The summed E-state index contributed by atoms with van der Waals surface area (Å²) in [5.74, 6) is 0.930. The maximum Gasteiger partial charge on any atom is 0.289 e. The van der Waals surface area contributed by atoms with Crippen LogP contribution >= 0.6 is 0 Å². The predicted octanol–water partition coefficient (Wildman–Crippen LogP) is 2.30. The van der Waals surface area contributed by atoms with Crippen molar-refractivity contribution in [2.45, 2.75) is 38.0 Å². The Morgan fingerprint density at radius 3 is 2.42 bits per heavy atom. The standard InChI is InChI=1S/C22H28N4O4S/c1-15-7-9-17(10-8-15)31(28,29)24-23-18-5-4-6-19-20(18)16(2)21(30-19)22(27)26-13-11-25(3)12-14-26/h7-10,24H,4-6,11-14H2,1-3H3/b23-18+. The summed E-state index contributed by atoms with van der Waals surface area (Å²) in [6, 6.07) is 6.61. The molecule has 8 nitrogen and oxygen atoms in total. The summed E-state index contributed by atoms with van der Waals surface area (Å²) < 4.78 is 31.2. The first-order valence-corrected chi connectivity index (χ1v) is 12.0. The van der Waals surface area contributed by atoms with Gasteiger partial charge < -0.3 is 14.2 Å². The maximum absolute atomic E-state index is 13.0. The van der Waals surface area contributed by atoms with Crippen molar-refractivity contribution in [1.82, 2.24) is 14.6 Å². The number of carbonyl (C=O) groups excluding carboxylic acids is 1. The predicted molar refractivity (Wildman–Crippen MR) is 118 cm³/mol. The minimum atomic E-state index is -3.77. The third-order valence-corrected chi connectivity index (χ3v) is 7.17. The van der Waals surface area contributed by atoms with E-state index < -0.39 is 10.0 Å². The van der Waals surface area contributed by atoms with Gasteiger partial charge in [0.25, 0.3) is 15.9 Å². The fourth-order valence-corrected chi connectivity index (χ4v) is 4.85. The van der Waals surface area contributed by atoms with Crippen LogP contribution in [0.1, 0.15) is 45.8 Å². The van der Waals surface area contributed by atoms with Gasteiger partial charge in [-0.2, -0.15) is 18.4 Å². The lowest BCUT2D eigenvalue weighted by atomic mass is 9.93. The molecule has 0 radical (unpaired) electrons. The molecule has 2 heterocycles. The topological polar surface area (TPSA) is 95.2 Å². The number of hydrogen-bond acceptors (Lipinski definition) is 6. The molecule has 9 heteroatoms. The molecule has 0 unspecified atom stereocenters. The summed E-state index contributed by atoms with van der Waals surface area (Å²) in [6.07, 6.45) is 2.11. The number of nitrogens with zero attached hydrogens (tertiary/aromatic N) is 3. The van der Waals surface area contributed by atoms with Crippen molar-refractivity contribution >= 4 is 21.6 Å². The minimum absolute atomic E-state index is 0.111. The van der Waals surface area contributed by atoms with Gasteiger partial charge in [-0.1, -0.05) is 17.7 Å². The molecule has 1 amide bonds. The zero-order valence-electron chi connectivity index (χ0n) is 18.1. The van der Waals surface area contributed by atoms with Gasteiger partial charge in [-0.3, -0.25) is 4.79 Å². The summed E-state index contributed by atoms with van der Waals surface area (Å²) in [5.41, 5.74) is 3.08. The second-order valence-corrected chi connectivity index (χ2v) is 9.93. The van der Waals surface area contributed by atoms with Crippen molar-refractivity contribution in [2.75, 3.05) is 33.2 Å². The van der Waals surface area contributed by atoms with Gasteiger partial charge in [0, 0.05) is 43.7 Å². The maximum atomic E-state index is 13.0. The van der Waals surface area contributed by atoms with E-state index in [1.807, 2.05) is 25.8 Å². The molecule has 0 bridgehead atoms. The van der Waals surface area contributed by atoms with Crippen LogP contribution in [0.25, 0.3) is 0 Å². The average Bonchev–Trinajstić information content (AvgIpc) is 3.10. The van der Waals surface area contributed by atoms with E-state index >= 15 is 0 Å². The number of hydrogen-bond donors (Lipinski definition) is 1. The van der Waals surface area contributed by atoms with Crippen LogP contribution in [0.3, 0.4) is 0 Å². The molecule has 1 fully saturated rings. The van der Waals surface area contributed by atoms with Gasteiger partial charge in [0.1, 0.15) is 5.76 Å². The van der Waals surface area contributed by atoms with E-state index in [4.69, 9.17) is 4.42 Å². The van der Waals surface area contributed by atoms with Gasteiger partial charge in [0.15, 0.2) is 5.76 Å². The zero-order valence-corrected chi connectivity index (χ0v) is 19.0. The van der Waals surface area contributed by atoms with Crippen LogP contribution in [0, 0.1) is 13.8 Å². The summed E-state index contributed by atoms with van der Waals surface area (Å²) in [5, 5.41) is 4.24. The normalized spacial score (nSPS) is 18.8. The van der Waals surface area contributed by atoms with Crippen LogP contribution in [-0.2, 0) is 16.4 Å². The Labute approximate surface area is 183 Å². The number of likely N-dealkylation sites (N-methyl/N-ethyl adjacent to an activating group) is 1. The molecule has 1 N–H and O–H groups in total. The van der Waals surface area contributed by atoms with E-state index in [0.29, 0.717) is 43.2 Å². The Bertz CT molecular complexity index is 1110. The monoisotopic (exact) mass is 444 g/mol. The van der Waals surface area contributed by atoms with Crippen LogP contribution in [0.5, 0.6) is 0 Å². The molecular weight excluding hydrogens is 416 g/mol. The van der Waals surface area contributed by atoms with Crippen LogP contribution in [-0.4, -0.2) is 63.1 Å². The van der Waals surface area contributed by atoms with Gasteiger partial charge in [0.2, 0.25) is 0 Å². The fourth-order valence-electron chi connectivity index (χ4n) is 4.02. The van der Waals surface area contributed by atoms with Crippen LogP contribution in [0.15, 0.2) is 38.7 Å². The van der Waals surface area contributed by atoms with E-state index in [9.17, 15) is 13.2 Å². The molecule has 31 heavy (non-hydrogen) atoms. The molecule has 1 aromatic heterocycles. The Hall–Kier alpha value is -2.65. The van der Waals surface area contributed by atoms with Crippen molar-refractivity contribution in [3.05, 3.63) is 52.5 Å². The van der Waals surface area contributed by atoms with Crippen molar-refractivity contribution in [1.29, 1.82) is 0 Å². The molecule has 0 saturated carbocycles. The molecular formula is C22H28N4O4S. The number of sulfonamides is 1. The number of nitrogens with one attached hydrogen (secondary N) is 1. The fraction of sp³-hybridized carbons (Fsp3) is 0.455. The third-order valence-electron chi connectivity index (χ3n) is 5.94. The Morgan fingerprint density at radius 1 is 1.06 bits per heavy atom. The molecule has 1 aliphatic carbocycles. The lowest BCUT2D eigenvalue weighted by Gasteiger charge is -2.31. The van der Waals surface area contributed by atoms with Gasteiger partial charge in [-0.15, -0.1) is 0 Å². The second-order valence-electron chi connectivity index (χ2n) is 8.27. The summed E-state index contributed by atoms with van der Waals surface area (Å²) in [7, 11) is -1.73. The molecule has 166 valence electrons. The number of aryl methyl sites for hydroxylation is 2. The van der Waals surface area contributed by atoms with Gasteiger partial charge in [0.05, 0.1) is 10.6 Å². The zero-order chi connectivity index (χ0) is 22.2. The van der Waals surface area contributed by atoms with E-state index in [0.717, 1.165) is 36.2 Å². The number of carbonyl (C=O) groups is 1. The Morgan fingerprint density at radius 2 is 1.74 bits per heavy atom. The van der Waals surface area contributed by atoms with Crippen LogP contribution in [0.4, 0.5) is 0 Å². The molecule has 4 rings (SSSR count). The van der Waals surface area contributed by atoms with Crippen molar-refractivity contribution < 1.29 is 17.6 Å². The van der Waals surface area contributed by atoms with Crippen molar-refractivity contribution in [3.63, 3.8) is 0 Å². The van der Waals surface area contributed by atoms with E-state index in [-0.39, 0.29) is 10.8 Å². The van der Waals surface area contributed by atoms with Crippen molar-refractivity contribution in [3.8, 4) is 0 Å². The number of hydrazone groups is 1. The van der Waals surface area contributed by atoms with Gasteiger partial charge >= 0.3 is 0 Å². The number of rotatable bonds is 4. The first-order chi connectivity index (χ1) is 14.8. The molecule has 0 atom stereocenters. The Kier molecular flexibility index (Phi) is 5.90. The van der Waals surface area contributed by atoms with E-state index in [2.05, 4.69) is 14.8 Å². The highest BCUT2D eigenvalue weighted by Gasteiger charge is 2.31. The number of fused-ring (bicyclic) bond motifs is 1. The molecule has 2 aliphatic rings. The SMILES string of the molecule is Cc1ccc(S(=O)(=O)N/N=C2\CCCc3oc(C(=O)N4CCN(C)CC4)c(C)c32)cc1. The third kappa shape index (κ3) is 4.38. The molecule has 1 aromatic carbocycles. The number of benzene rings is 1. The number of amides is 1. The molecule has 2 aromatic rings. The molecule has 0 spiro atoms. The lowest BCUT2D eigenvalue weighted by molar-refractivity contribution is 0.0629. The minimum Gasteiger partial charge on any atom is -0.455 e. The first kappa shape index (κ1) is 21.6. The average molecular weight is 445 g/mol. The number of furan rings is 1. The summed E-state index contributed by atoms with van der Waals surface area (Å²) in [4.78, 5) is 19.6. The highest BCUT2D eigenvalue weighted by molar-refractivity contribution is 7.89.